The van der Waals surface area contributed by atoms with Gasteiger partial charge in [0.2, 0.25) is 0 Å². The molecule has 1 aromatic carbocycles. The molecule has 0 amide bonds. The lowest BCUT2D eigenvalue weighted by atomic mass is 9.89. The largest absolute Gasteiger partial charge is 0.284 e. The topological polar surface area (TPSA) is 62.1 Å². The van der Waals surface area contributed by atoms with Crippen molar-refractivity contribution in [2.24, 2.45) is 9.98 Å². The van der Waals surface area contributed by atoms with E-state index in [9.17, 15) is 12.8 Å². The predicted molar refractivity (Wildman–Crippen MR) is 103 cm³/mol. The van der Waals surface area contributed by atoms with Crippen molar-refractivity contribution in [3.05, 3.63) is 48.3 Å². The van der Waals surface area contributed by atoms with Gasteiger partial charge in [0.05, 0.1) is 5.75 Å². The Bertz CT molecular complexity index is 798. The minimum absolute atomic E-state index is 0.0887. The molecule has 0 spiro atoms. The number of rotatable bonds is 6. The third kappa shape index (κ3) is 4.10. The molecule has 0 saturated carbocycles. The Morgan fingerprint density at radius 1 is 1.35 bits per heavy atom. The van der Waals surface area contributed by atoms with Crippen LogP contribution < -0.4 is 0 Å². The molecule has 0 radical (unpaired) electrons. The third-order valence-electron chi connectivity index (χ3n) is 5.07. The second-order valence-electron chi connectivity index (χ2n) is 7.18. The summed E-state index contributed by atoms with van der Waals surface area (Å²) < 4.78 is 38.9. The predicted octanol–water partition coefficient (Wildman–Crippen LogP) is 2.80. The van der Waals surface area contributed by atoms with Gasteiger partial charge in [0.25, 0.3) is 0 Å². The molecule has 0 bridgehead atoms. The molecule has 1 saturated heterocycles. The van der Waals surface area contributed by atoms with Crippen LogP contribution in [0.15, 0.2) is 46.9 Å². The van der Waals surface area contributed by atoms with E-state index < -0.39 is 20.8 Å². The fourth-order valence-electron chi connectivity index (χ4n) is 3.70. The third-order valence-corrected chi connectivity index (χ3v) is 7.28. The minimum atomic E-state index is -3.45. The van der Waals surface area contributed by atoms with E-state index in [0.29, 0.717) is 19.0 Å². The maximum Gasteiger partial charge on any atom is 0.172 e. The fraction of sp³-hybridized carbons (Fsp3) is 0.474. The summed E-state index contributed by atoms with van der Waals surface area (Å²) in [6, 6.07) is 6.58. The van der Waals surface area contributed by atoms with E-state index in [2.05, 4.69) is 16.6 Å². The normalized spacial score (nSPS) is 25.5. The van der Waals surface area contributed by atoms with Gasteiger partial charge >= 0.3 is 0 Å². The van der Waals surface area contributed by atoms with Crippen LogP contribution in [-0.2, 0) is 9.84 Å². The average Bonchev–Trinajstić information content (AvgIpc) is 3.02. The molecule has 2 heterocycles. The number of hydrogen-bond acceptors (Lipinski definition) is 5. The van der Waals surface area contributed by atoms with Crippen molar-refractivity contribution in [1.29, 1.82) is 0 Å². The van der Waals surface area contributed by atoms with Crippen LogP contribution >= 0.6 is 0 Å². The average molecular weight is 377 g/mol. The smallest absolute Gasteiger partial charge is 0.172 e. The molecule has 1 aromatic rings. The summed E-state index contributed by atoms with van der Waals surface area (Å²) in [7, 11) is -3.45. The molecular weight excluding hydrogens is 353 g/mol. The molecule has 2 aliphatic rings. The first-order chi connectivity index (χ1) is 12.3. The van der Waals surface area contributed by atoms with Gasteiger partial charge in [0.1, 0.15) is 23.1 Å². The molecule has 2 aliphatic heterocycles. The van der Waals surface area contributed by atoms with Crippen molar-refractivity contribution in [3.63, 3.8) is 0 Å². The molecule has 26 heavy (non-hydrogen) atoms. The number of aliphatic imine (C=N–C) groups is 2. The van der Waals surface area contributed by atoms with Gasteiger partial charge < -0.3 is 0 Å². The standard InChI is InChI=1S/C19H24FN3O2S/c1-3-18(26(24,25)13-19(2)12-21-14-22-19)23-10-8-16(9-11-23)15-4-6-17(20)7-5-15/h3-7,12,14,16,18H,1,8-11,13H2,2H3. The molecule has 0 aromatic heterocycles. The number of piperidine rings is 1. The van der Waals surface area contributed by atoms with Crippen molar-refractivity contribution in [1.82, 2.24) is 4.90 Å². The summed E-state index contributed by atoms with van der Waals surface area (Å²) >= 11 is 0. The highest BCUT2D eigenvalue weighted by Crippen LogP contribution is 2.30. The quantitative estimate of drug-likeness (QED) is 0.716. The molecule has 7 heteroatoms. The monoisotopic (exact) mass is 377 g/mol. The van der Waals surface area contributed by atoms with E-state index in [1.165, 1.54) is 24.5 Å². The Hall–Kier alpha value is -1.86. The molecule has 2 atom stereocenters. The van der Waals surface area contributed by atoms with E-state index in [1.54, 1.807) is 13.1 Å². The van der Waals surface area contributed by atoms with Gasteiger partial charge in [-0.05, 0) is 43.4 Å². The van der Waals surface area contributed by atoms with Gasteiger partial charge in [0.15, 0.2) is 9.84 Å². The first kappa shape index (κ1) is 18.9. The number of halogens is 1. The first-order valence-corrected chi connectivity index (χ1v) is 10.5. The molecule has 140 valence electrons. The summed E-state index contributed by atoms with van der Waals surface area (Å²) in [5, 5.41) is -0.724. The molecule has 5 nitrogen and oxygen atoms in total. The molecular formula is C19H24FN3O2S. The van der Waals surface area contributed by atoms with Crippen LogP contribution in [0.1, 0.15) is 31.2 Å². The molecule has 1 fully saturated rings. The van der Waals surface area contributed by atoms with Gasteiger partial charge in [0, 0.05) is 19.3 Å². The van der Waals surface area contributed by atoms with Gasteiger partial charge in [-0.3, -0.25) is 9.89 Å². The summed E-state index contributed by atoms with van der Waals surface area (Å²) in [5.41, 5.74) is 0.306. The Morgan fingerprint density at radius 3 is 2.54 bits per heavy atom. The number of sulfone groups is 1. The molecule has 3 rings (SSSR count). The van der Waals surface area contributed by atoms with E-state index in [1.807, 2.05) is 17.0 Å². The van der Waals surface area contributed by atoms with Gasteiger partial charge in [-0.15, -0.1) is 6.58 Å². The van der Waals surface area contributed by atoms with E-state index in [4.69, 9.17) is 0 Å². The summed E-state index contributed by atoms with van der Waals surface area (Å²) in [4.78, 5) is 10.0. The Morgan fingerprint density at radius 2 is 2.00 bits per heavy atom. The van der Waals surface area contributed by atoms with Gasteiger partial charge in [-0.2, -0.15) is 0 Å². The fourth-order valence-corrected chi connectivity index (χ4v) is 5.80. The van der Waals surface area contributed by atoms with Crippen LogP contribution in [0, 0.1) is 5.82 Å². The first-order valence-electron chi connectivity index (χ1n) is 8.75. The Kier molecular flexibility index (Phi) is 5.39. The summed E-state index contributed by atoms with van der Waals surface area (Å²) in [6.45, 7) is 6.83. The SMILES string of the molecule is C=CC(N1CCC(c2ccc(F)cc2)CC1)S(=O)(=O)CC1(C)C=NC=N1. The zero-order valence-electron chi connectivity index (χ0n) is 14.9. The van der Waals surface area contributed by atoms with Crippen LogP contribution in [0.2, 0.25) is 0 Å². The second kappa shape index (κ2) is 7.40. The molecule has 0 N–H and O–H groups in total. The van der Waals surface area contributed by atoms with Crippen LogP contribution in [-0.4, -0.2) is 55.6 Å². The Balaban J connectivity index is 1.66. The van der Waals surface area contributed by atoms with Crippen molar-refractivity contribution >= 4 is 22.4 Å². The van der Waals surface area contributed by atoms with Crippen LogP contribution in [0.4, 0.5) is 4.39 Å². The maximum absolute atomic E-state index is 13.1. The van der Waals surface area contributed by atoms with E-state index >= 15 is 0 Å². The highest BCUT2D eigenvalue weighted by atomic mass is 32.2. The van der Waals surface area contributed by atoms with Crippen LogP contribution in [0.5, 0.6) is 0 Å². The van der Waals surface area contributed by atoms with Crippen LogP contribution in [0.25, 0.3) is 0 Å². The van der Waals surface area contributed by atoms with Crippen LogP contribution in [0.3, 0.4) is 0 Å². The molecule has 0 aliphatic carbocycles. The van der Waals surface area contributed by atoms with E-state index in [-0.39, 0.29) is 11.6 Å². The number of hydrogen-bond donors (Lipinski definition) is 0. The zero-order chi connectivity index (χ0) is 18.8. The lowest BCUT2D eigenvalue weighted by molar-refractivity contribution is 0.212. The number of likely N-dealkylation sites (tertiary alicyclic amines) is 1. The zero-order valence-corrected chi connectivity index (χ0v) is 15.7. The van der Waals surface area contributed by atoms with Gasteiger partial charge in [-0.1, -0.05) is 18.2 Å². The summed E-state index contributed by atoms with van der Waals surface area (Å²) in [6.07, 6.45) is 6.15. The van der Waals surface area contributed by atoms with Crippen molar-refractivity contribution in [3.8, 4) is 0 Å². The number of benzene rings is 1. The van der Waals surface area contributed by atoms with E-state index in [0.717, 1.165) is 18.4 Å². The van der Waals surface area contributed by atoms with Gasteiger partial charge in [-0.25, -0.2) is 17.8 Å². The minimum Gasteiger partial charge on any atom is -0.284 e. The van der Waals surface area contributed by atoms with Crippen molar-refractivity contribution in [2.75, 3.05) is 18.8 Å². The maximum atomic E-state index is 13.1. The van der Waals surface area contributed by atoms with Crippen molar-refractivity contribution in [2.45, 2.75) is 36.6 Å². The Labute approximate surface area is 154 Å². The number of nitrogens with zero attached hydrogens (tertiary/aromatic N) is 3. The second-order valence-corrected chi connectivity index (χ2v) is 9.27. The molecule has 2 unspecified atom stereocenters. The summed E-state index contributed by atoms with van der Waals surface area (Å²) in [5.74, 6) is -0.00565. The lowest BCUT2D eigenvalue weighted by Crippen LogP contribution is -2.47. The highest BCUT2D eigenvalue weighted by molar-refractivity contribution is 7.92. The lowest BCUT2D eigenvalue weighted by Gasteiger charge is -2.36. The van der Waals surface area contributed by atoms with Crippen molar-refractivity contribution < 1.29 is 12.8 Å². The highest BCUT2D eigenvalue weighted by Gasteiger charge is 2.38.